The fourth-order valence-electron chi connectivity index (χ4n) is 2.03. The van der Waals surface area contributed by atoms with Crippen LogP contribution in [0.5, 0.6) is 17.2 Å². The highest BCUT2D eigenvalue weighted by Crippen LogP contribution is 2.40. The molecule has 0 aromatic heterocycles. The summed E-state index contributed by atoms with van der Waals surface area (Å²) in [6.07, 6.45) is 1.49. The highest BCUT2D eigenvalue weighted by Gasteiger charge is 2.22. The molecule has 1 heterocycles. The molecule has 21 heavy (non-hydrogen) atoms. The number of hydrogen-bond donors (Lipinski definition) is 0. The molecule has 2 rings (SSSR count). The Morgan fingerprint density at radius 1 is 1.00 bits per heavy atom. The van der Waals surface area contributed by atoms with Crippen molar-refractivity contribution < 1.29 is 28.5 Å². The minimum atomic E-state index is -0.469. The Hall–Kier alpha value is -1.95. The van der Waals surface area contributed by atoms with Gasteiger partial charge in [-0.05, 0) is 12.1 Å². The molecule has 0 radical (unpaired) electrons. The van der Waals surface area contributed by atoms with Crippen LogP contribution in [-0.2, 0) is 9.47 Å². The van der Waals surface area contributed by atoms with Gasteiger partial charge in [0.15, 0.2) is 11.5 Å². The number of hydrogen-bond acceptors (Lipinski definition) is 6. The second-order valence-corrected chi connectivity index (χ2v) is 4.48. The lowest BCUT2D eigenvalue weighted by molar-refractivity contribution is 0.0594. The molecule has 1 aromatic rings. The van der Waals surface area contributed by atoms with Crippen LogP contribution in [0, 0.1) is 0 Å². The van der Waals surface area contributed by atoms with E-state index < -0.39 is 5.97 Å². The average molecular weight is 296 g/mol. The van der Waals surface area contributed by atoms with E-state index >= 15 is 0 Å². The van der Waals surface area contributed by atoms with Gasteiger partial charge < -0.3 is 23.7 Å². The molecule has 0 amide bonds. The maximum Gasteiger partial charge on any atom is 0.341 e. The van der Waals surface area contributed by atoms with Gasteiger partial charge in [-0.2, -0.15) is 0 Å². The quantitative estimate of drug-likeness (QED) is 0.778. The van der Waals surface area contributed by atoms with E-state index in [4.69, 9.17) is 23.7 Å². The van der Waals surface area contributed by atoms with Crippen LogP contribution in [-0.4, -0.2) is 46.6 Å². The van der Waals surface area contributed by atoms with Gasteiger partial charge >= 0.3 is 5.97 Å². The van der Waals surface area contributed by atoms with E-state index in [0.29, 0.717) is 49.2 Å². The largest absolute Gasteiger partial charge is 0.493 e. The molecule has 116 valence electrons. The van der Waals surface area contributed by atoms with Crippen molar-refractivity contribution in [1.29, 1.82) is 0 Å². The fraction of sp³-hybridized carbons (Fsp3) is 0.533. The van der Waals surface area contributed by atoms with E-state index in [-0.39, 0.29) is 0 Å². The van der Waals surface area contributed by atoms with Gasteiger partial charge in [-0.25, -0.2) is 4.79 Å². The zero-order valence-electron chi connectivity index (χ0n) is 12.3. The Morgan fingerprint density at radius 3 is 2.29 bits per heavy atom. The number of ether oxygens (including phenoxy) is 5. The number of carbonyl (C=O) groups is 1. The summed E-state index contributed by atoms with van der Waals surface area (Å²) in [5, 5.41) is 0. The molecule has 1 aromatic carbocycles. The average Bonchev–Trinajstić information content (AvgIpc) is 2.57. The summed E-state index contributed by atoms with van der Waals surface area (Å²) in [6, 6.07) is 3.29. The Balaban J connectivity index is 2.40. The summed E-state index contributed by atoms with van der Waals surface area (Å²) in [4.78, 5) is 11.9. The Kier molecular flexibility index (Phi) is 5.68. The summed E-state index contributed by atoms with van der Waals surface area (Å²) in [7, 11) is 2.88. The van der Waals surface area contributed by atoms with Crippen molar-refractivity contribution in [2.75, 3.05) is 40.6 Å². The Morgan fingerprint density at radius 2 is 1.67 bits per heavy atom. The highest BCUT2D eigenvalue weighted by atomic mass is 16.5. The van der Waals surface area contributed by atoms with E-state index in [2.05, 4.69) is 0 Å². The summed E-state index contributed by atoms with van der Waals surface area (Å²) in [6.45, 7) is 2.13. The van der Waals surface area contributed by atoms with Gasteiger partial charge in [0.1, 0.15) is 5.56 Å². The first kappa shape index (κ1) is 15.4. The van der Waals surface area contributed by atoms with Gasteiger partial charge in [-0.15, -0.1) is 0 Å². The normalized spacial score (nSPS) is 15.7. The first-order chi connectivity index (χ1) is 10.3. The molecular weight excluding hydrogens is 276 g/mol. The number of carbonyl (C=O) groups excluding carboxylic acids is 1. The van der Waals surface area contributed by atoms with Crippen LogP contribution in [0.3, 0.4) is 0 Å². The summed E-state index contributed by atoms with van der Waals surface area (Å²) in [5.74, 6) is 0.854. The number of rotatable bonds is 2. The lowest BCUT2D eigenvalue weighted by Gasteiger charge is -2.17. The molecule has 0 atom stereocenters. The second kappa shape index (κ2) is 7.73. The molecule has 1 aliphatic heterocycles. The number of fused-ring (bicyclic) bond motifs is 1. The summed E-state index contributed by atoms with van der Waals surface area (Å²) < 4.78 is 27.0. The summed E-state index contributed by atoms with van der Waals surface area (Å²) in [5.41, 5.74) is 0.327. The standard InChI is InChI=1S/C15H20O6/c1-17-12-6-5-11(15(16)18-2)13-14(12)21-10-4-8-19-7-3-9-20-13/h5-6H,3-4,7-10H2,1-2H3. The van der Waals surface area contributed by atoms with Crippen LogP contribution in [0.15, 0.2) is 12.1 Å². The molecule has 0 unspecified atom stereocenters. The molecule has 0 saturated heterocycles. The van der Waals surface area contributed by atoms with Gasteiger partial charge in [0.2, 0.25) is 5.75 Å². The van der Waals surface area contributed by atoms with Gasteiger partial charge in [-0.1, -0.05) is 0 Å². The topological polar surface area (TPSA) is 63.2 Å². The van der Waals surface area contributed by atoms with Crippen LogP contribution in [0.2, 0.25) is 0 Å². The van der Waals surface area contributed by atoms with Crippen molar-refractivity contribution in [3.05, 3.63) is 17.7 Å². The molecule has 6 nitrogen and oxygen atoms in total. The van der Waals surface area contributed by atoms with Crippen LogP contribution in [0.25, 0.3) is 0 Å². The minimum absolute atomic E-state index is 0.327. The molecule has 6 heteroatoms. The van der Waals surface area contributed by atoms with Crippen LogP contribution in [0.1, 0.15) is 23.2 Å². The molecule has 0 fully saturated rings. The van der Waals surface area contributed by atoms with Crippen molar-refractivity contribution in [3.63, 3.8) is 0 Å². The highest BCUT2D eigenvalue weighted by molar-refractivity contribution is 5.94. The third kappa shape index (κ3) is 3.78. The Labute approximate surface area is 123 Å². The van der Waals surface area contributed by atoms with Crippen molar-refractivity contribution in [1.82, 2.24) is 0 Å². The molecule has 0 bridgehead atoms. The lowest BCUT2D eigenvalue weighted by atomic mass is 10.1. The molecular formula is C15H20O6. The van der Waals surface area contributed by atoms with Crippen molar-refractivity contribution in [2.24, 2.45) is 0 Å². The van der Waals surface area contributed by atoms with Gasteiger partial charge in [0, 0.05) is 26.1 Å². The zero-order chi connectivity index (χ0) is 15.1. The lowest BCUT2D eigenvalue weighted by Crippen LogP contribution is -2.10. The van der Waals surface area contributed by atoms with E-state index in [9.17, 15) is 4.79 Å². The molecule has 0 aliphatic carbocycles. The van der Waals surface area contributed by atoms with Crippen LogP contribution < -0.4 is 14.2 Å². The third-order valence-corrected chi connectivity index (χ3v) is 3.06. The SMILES string of the molecule is COC(=O)c1ccc(OC)c2c1OCCCOCCCO2. The number of esters is 1. The first-order valence-corrected chi connectivity index (χ1v) is 6.90. The van der Waals surface area contributed by atoms with E-state index in [0.717, 1.165) is 12.8 Å². The fourth-order valence-corrected chi connectivity index (χ4v) is 2.03. The van der Waals surface area contributed by atoms with E-state index in [1.807, 2.05) is 0 Å². The number of benzene rings is 1. The van der Waals surface area contributed by atoms with Gasteiger partial charge in [0.25, 0.3) is 0 Å². The van der Waals surface area contributed by atoms with E-state index in [1.165, 1.54) is 7.11 Å². The maximum atomic E-state index is 11.9. The van der Waals surface area contributed by atoms with Gasteiger partial charge in [-0.3, -0.25) is 0 Å². The molecule has 0 N–H and O–H groups in total. The van der Waals surface area contributed by atoms with Gasteiger partial charge in [0.05, 0.1) is 27.4 Å². The predicted octanol–water partition coefficient (Wildman–Crippen LogP) is 2.05. The van der Waals surface area contributed by atoms with E-state index in [1.54, 1.807) is 19.2 Å². The molecule has 1 aliphatic rings. The second-order valence-electron chi connectivity index (χ2n) is 4.48. The minimum Gasteiger partial charge on any atom is -0.493 e. The monoisotopic (exact) mass is 296 g/mol. The first-order valence-electron chi connectivity index (χ1n) is 6.90. The van der Waals surface area contributed by atoms with Crippen molar-refractivity contribution in [3.8, 4) is 17.2 Å². The zero-order valence-corrected chi connectivity index (χ0v) is 12.3. The molecule has 0 saturated carbocycles. The predicted molar refractivity (Wildman–Crippen MR) is 75.4 cm³/mol. The third-order valence-electron chi connectivity index (χ3n) is 3.06. The smallest absolute Gasteiger partial charge is 0.341 e. The Bertz CT molecular complexity index is 485. The van der Waals surface area contributed by atoms with Crippen molar-refractivity contribution >= 4 is 5.97 Å². The van der Waals surface area contributed by atoms with Crippen molar-refractivity contribution in [2.45, 2.75) is 12.8 Å². The van der Waals surface area contributed by atoms with Crippen LogP contribution >= 0.6 is 0 Å². The number of methoxy groups -OCH3 is 2. The van der Waals surface area contributed by atoms with Crippen LogP contribution in [0.4, 0.5) is 0 Å². The summed E-state index contributed by atoms with van der Waals surface area (Å²) >= 11 is 0. The molecule has 0 spiro atoms. The maximum absolute atomic E-state index is 11.9.